The molecule has 0 fully saturated rings. The van der Waals surface area contributed by atoms with E-state index in [1.165, 1.54) is 6.26 Å². The minimum Gasteiger partial charge on any atom is -0.489 e. The highest BCUT2D eigenvalue weighted by Crippen LogP contribution is 2.07. The molecule has 0 N–H and O–H groups in total. The van der Waals surface area contributed by atoms with Gasteiger partial charge in [0.1, 0.15) is 12.4 Å². The Morgan fingerprint density at radius 3 is 2.69 bits per heavy atom. The maximum atomic E-state index is 11.0. The van der Waals surface area contributed by atoms with Crippen LogP contribution in [0.2, 0.25) is 0 Å². The minimum atomic E-state index is -0.434. The Bertz CT molecular complexity index is 379. The molecular formula is C13H14O3. The Kier molecular flexibility index (Phi) is 4.86. The van der Waals surface area contributed by atoms with Crippen LogP contribution in [-0.4, -0.2) is 12.6 Å². The Morgan fingerprint density at radius 2 is 2.06 bits per heavy atom. The van der Waals surface area contributed by atoms with Crippen LogP contribution in [0.1, 0.15) is 6.92 Å². The van der Waals surface area contributed by atoms with Gasteiger partial charge in [-0.05, 0) is 25.1 Å². The van der Waals surface area contributed by atoms with Crippen LogP contribution in [0.15, 0.2) is 54.8 Å². The number of esters is 1. The Hall–Kier alpha value is -2.03. The van der Waals surface area contributed by atoms with Gasteiger partial charge in [-0.1, -0.05) is 24.8 Å². The van der Waals surface area contributed by atoms with E-state index in [0.717, 1.165) is 5.75 Å². The Labute approximate surface area is 95.0 Å². The molecule has 0 heterocycles. The van der Waals surface area contributed by atoms with Gasteiger partial charge >= 0.3 is 5.97 Å². The summed E-state index contributed by atoms with van der Waals surface area (Å²) in [6.45, 7) is 5.41. The van der Waals surface area contributed by atoms with E-state index in [0.29, 0.717) is 12.2 Å². The molecule has 0 unspecified atom stereocenters. The molecule has 84 valence electrons. The van der Waals surface area contributed by atoms with E-state index < -0.39 is 5.97 Å². The summed E-state index contributed by atoms with van der Waals surface area (Å²) in [7, 11) is 0. The van der Waals surface area contributed by atoms with Crippen molar-refractivity contribution in [2.75, 3.05) is 6.61 Å². The highest BCUT2D eigenvalue weighted by molar-refractivity contribution is 5.87. The first kappa shape index (κ1) is 12.0. The predicted octanol–water partition coefficient (Wildman–Crippen LogP) is 2.70. The maximum Gasteiger partial charge on any atom is 0.337 e. The smallest absolute Gasteiger partial charge is 0.337 e. The van der Waals surface area contributed by atoms with E-state index in [1.54, 1.807) is 13.0 Å². The van der Waals surface area contributed by atoms with Gasteiger partial charge in [-0.3, -0.25) is 0 Å². The number of hydrogen-bond acceptors (Lipinski definition) is 3. The molecular weight excluding hydrogens is 204 g/mol. The van der Waals surface area contributed by atoms with Crippen LogP contribution in [0.3, 0.4) is 0 Å². The van der Waals surface area contributed by atoms with Gasteiger partial charge in [-0.2, -0.15) is 0 Å². The van der Waals surface area contributed by atoms with Crippen molar-refractivity contribution in [2.45, 2.75) is 6.92 Å². The van der Waals surface area contributed by atoms with E-state index in [1.807, 2.05) is 30.3 Å². The van der Waals surface area contributed by atoms with Crippen molar-refractivity contribution in [3.05, 3.63) is 54.8 Å². The van der Waals surface area contributed by atoms with Gasteiger partial charge in [0, 0.05) is 5.57 Å². The second-order valence-corrected chi connectivity index (χ2v) is 3.18. The lowest BCUT2D eigenvalue weighted by Crippen LogP contribution is -2.00. The topological polar surface area (TPSA) is 35.5 Å². The van der Waals surface area contributed by atoms with Crippen LogP contribution in [0.4, 0.5) is 0 Å². The van der Waals surface area contributed by atoms with Crippen LogP contribution >= 0.6 is 0 Å². The first-order valence-electron chi connectivity index (χ1n) is 4.89. The van der Waals surface area contributed by atoms with Gasteiger partial charge in [0.05, 0.1) is 6.26 Å². The number of benzene rings is 1. The largest absolute Gasteiger partial charge is 0.489 e. The average Bonchev–Trinajstić information content (AvgIpc) is 2.29. The van der Waals surface area contributed by atoms with E-state index >= 15 is 0 Å². The molecule has 0 aliphatic rings. The molecule has 3 heteroatoms. The molecule has 1 rings (SSSR count). The second kappa shape index (κ2) is 6.45. The fourth-order valence-electron chi connectivity index (χ4n) is 0.911. The number of carbonyl (C=O) groups is 1. The molecule has 0 bridgehead atoms. The molecule has 0 saturated carbocycles. The summed E-state index contributed by atoms with van der Waals surface area (Å²) in [5.74, 6) is 0.342. The Morgan fingerprint density at radius 1 is 1.38 bits per heavy atom. The van der Waals surface area contributed by atoms with Crippen molar-refractivity contribution in [1.82, 2.24) is 0 Å². The SMILES string of the molecule is C=C(C)C(=O)O/C=C/COc1ccccc1. The van der Waals surface area contributed by atoms with Gasteiger partial charge in [-0.15, -0.1) is 0 Å². The van der Waals surface area contributed by atoms with E-state index in [4.69, 9.17) is 9.47 Å². The van der Waals surface area contributed by atoms with Crippen LogP contribution in [0, 0.1) is 0 Å². The zero-order valence-electron chi connectivity index (χ0n) is 9.18. The van der Waals surface area contributed by atoms with Crippen molar-refractivity contribution in [3.8, 4) is 5.75 Å². The highest BCUT2D eigenvalue weighted by Gasteiger charge is 1.98. The number of rotatable bonds is 5. The summed E-state index contributed by atoms with van der Waals surface area (Å²) in [6, 6.07) is 9.40. The summed E-state index contributed by atoms with van der Waals surface area (Å²) in [6.07, 6.45) is 2.92. The molecule has 0 saturated heterocycles. The fraction of sp³-hybridized carbons (Fsp3) is 0.154. The first-order valence-corrected chi connectivity index (χ1v) is 4.89. The van der Waals surface area contributed by atoms with Crippen molar-refractivity contribution >= 4 is 5.97 Å². The molecule has 1 aromatic rings. The lowest BCUT2D eigenvalue weighted by molar-refractivity contribution is -0.133. The molecule has 0 spiro atoms. The quantitative estimate of drug-likeness (QED) is 0.433. The monoisotopic (exact) mass is 218 g/mol. The molecule has 0 aliphatic carbocycles. The molecule has 0 aliphatic heterocycles. The molecule has 1 aromatic carbocycles. The summed E-state index contributed by atoms with van der Waals surface area (Å²) in [5.41, 5.74) is 0.369. The normalized spacial score (nSPS) is 10.1. The van der Waals surface area contributed by atoms with E-state index in [2.05, 4.69) is 6.58 Å². The lowest BCUT2D eigenvalue weighted by Gasteiger charge is -2.01. The van der Waals surface area contributed by atoms with Gasteiger partial charge < -0.3 is 9.47 Å². The van der Waals surface area contributed by atoms with E-state index in [-0.39, 0.29) is 0 Å². The first-order chi connectivity index (χ1) is 7.70. The summed E-state index contributed by atoms with van der Waals surface area (Å²) in [5, 5.41) is 0. The number of hydrogen-bond donors (Lipinski definition) is 0. The van der Waals surface area contributed by atoms with Crippen LogP contribution in [-0.2, 0) is 9.53 Å². The maximum absolute atomic E-state index is 11.0. The Balaban J connectivity index is 2.23. The van der Waals surface area contributed by atoms with Gasteiger partial charge in [0.2, 0.25) is 0 Å². The molecule has 0 atom stereocenters. The van der Waals surface area contributed by atoms with Crippen LogP contribution in [0.5, 0.6) is 5.75 Å². The third-order valence-electron chi connectivity index (χ3n) is 1.71. The third kappa shape index (κ3) is 4.46. The lowest BCUT2D eigenvalue weighted by atomic mass is 10.3. The van der Waals surface area contributed by atoms with Crippen LogP contribution < -0.4 is 4.74 Å². The summed E-state index contributed by atoms with van der Waals surface area (Å²) < 4.78 is 10.1. The zero-order chi connectivity index (χ0) is 11.8. The summed E-state index contributed by atoms with van der Waals surface area (Å²) >= 11 is 0. The molecule has 16 heavy (non-hydrogen) atoms. The zero-order valence-corrected chi connectivity index (χ0v) is 9.18. The van der Waals surface area contributed by atoms with Crippen LogP contribution in [0.25, 0.3) is 0 Å². The molecule has 0 radical (unpaired) electrons. The second-order valence-electron chi connectivity index (χ2n) is 3.18. The predicted molar refractivity (Wildman–Crippen MR) is 62.0 cm³/mol. The van der Waals surface area contributed by atoms with Crippen molar-refractivity contribution in [1.29, 1.82) is 0 Å². The minimum absolute atomic E-state index is 0.355. The van der Waals surface area contributed by atoms with Crippen molar-refractivity contribution < 1.29 is 14.3 Å². The van der Waals surface area contributed by atoms with E-state index in [9.17, 15) is 4.79 Å². The van der Waals surface area contributed by atoms with Gasteiger partial charge in [0.25, 0.3) is 0 Å². The molecule has 0 aromatic heterocycles. The average molecular weight is 218 g/mol. The van der Waals surface area contributed by atoms with Crippen molar-refractivity contribution in [2.24, 2.45) is 0 Å². The highest BCUT2D eigenvalue weighted by atomic mass is 16.5. The number of ether oxygens (including phenoxy) is 2. The third-order valence-corrected chi connectivity index (χ3v) is 1.71. The standard InChI is InChI=1S/C13H14O3/c1-11(2)13(14)16-10-6-9-15-12-7-4-3-5-8-12/h3-8,10H,1,9H2,2H3/b10-6+. The number of carbonyl (C=O) groups excluding carboxylic acids is 1. The van der Waals surface area contributed by atoms with Gasteiger partial charge in [0.15, 0.2) is 0 Å². The van der Waals surface area contributed by atoms with Gasteiger partial charge in [-0.25, -0.2) is 4.79 Å². The van der Waals surface area contributed by atoms with Crippen molar-refractivity contribution in [3.63, 3.8) is 0 Å². The number of para-hydroxylation sites is 1. The fourth-order valence-corrected chi connectivity index (χ4v) is 0.911. The molecule has 3 nitrogen and oxygen atoms in total. The summed E-state index contributed by atoms with van der Waals surface area (Å²) in [4.78, 5) is 11.0. The molecule has 0 amide bonds.